The standard InChI is InChI=1S/C23H22F3N5O3/c24-23(25,26)15-6-7-19(28-12-15)34-13-16-4-3-9-30(16)22(32)20-21(17-5-1-2-8-27-17)31-10-11-33-14-18(31)29-20/h1-2,5-8,12,16H,3-4,9-11,13-14H2/t16-/m0/s1. The lowest BCUT2D eigenvalue weighted by molar-refractivity contribution is -0.137. The van der Waals surface area contributed by atoms with E-state index < -0.39 is 11.7 Å². The van der Waals surface area contributed by atoms with Crippen molar-refractivity contribution in [2.75, 3.05) is 19.8 Å². The number of carbonyl (C=O) groups excluding carboxylic acids is 1. The lowest BCUT2D eigenvalue weighted by Gasteiger charge is -2.24. The van der Waals surface area contributed by atoms with Gasteiger partial charge in [-0.05, 0) is 31.0 Å². The number of pyridine rings is 2. The summed E-state index contributed by atoms with van der Waals surface area (Å²) < 4.78 is 51.4. The van der Waals surface area contributed by atoms with E-state index in [4.69, 9.17) is 9.47 Å². The summed E-state index contributed by atoms with van der Waals surface area (Å²) in [6, 6.07) is 7.38. The maximum atomic E-state index is 13.6. The number of ether oxygens (including phenoxy) is 2. The maximum absolute atomic E-state index is 13.6. The largest absolute Gasteiger partial charge is 0.475 e. The average molecular weight is 473 g/mol. The van der Waals surface area contributed by atoms with Crippen LogP contribution in [-0.4, -0.2) is 56.1 Å². The van der Waals surface area contributed by atoms with Gasteiger partial charge < -0.3 is 18.9 Å². The highest BCUT2D eigenvalue weighted by Gasteiger charge is 2.35. The van der Waals surface area contributed by atoms with E-state index in [1.165, 1.54) is 6.07 Å². The Hall–Kier alpha value is -3.47. The number of hydrogen-bond acceptors (Lipinski definition) is 6. The molecule has 1 fully saturated rings. The Labute approximate surface area is 193 Å². The highest BCUT2D eigenvalue weighted by Crippen LogP contribution is 2.31. The van der Waals surface area contributed by atoms with Crippen molar-refractivity contribution in [3.8, 4) is 17.3 Å². The molecule has 34 heavy (non-hydrogen) atoms. The fraction of sp³-hybridized carbons (Fsp3) is 0.391. The normalized spacial score (nSPS) is 18.1. The monoisotopic (exact) mass is 473 g/mol. The molecule has 2 aliphatic rings. The van der Waals surface area contributed by atoms with Crippen LogP contribution >= 0.6 is 0 Å². The molecule has 1 saturated heterocycles. The molecule has 0 aliphatic carbocycles. The molecule has 0 bridgehead atoms. The minimum absolute atomic E-state index is 0.0797. The number of halogens is 3. The molecule has 8 nitrogen and oxygen atoms in total. The molecular formula is C23H22F3N5O3. The van der Waals surface area contributed by atoms with Gasteiger partial charge in [-0.15, -0.1) is 0 Å². The van der Waals surface area contributed by atoms with Crippen LogP contribution in [0.1, 0.15) is 34.7 Å². The number of carbonyl (C=O) groups is 1. The van der Waals surface area contributed by atoms with E-state index in [0.29, 0.717) is 55.6 Å². The maximum Gasteiger partial charge on any atom is 0.417 e. The molecule has 0 spiro atoms. The number of hydrogen-bond donors (Lipinski definition) is 0. The topological polar surface area (TPSA) is 82.4 Å². The lowest BCUT2D eigenvalue weighted by Crippen LogP contribution is -2.39. The number of alkyl halides is 3. The predicted molar refractivity (Wildman–Crippen MR) is 114 cm³/mol. The van der Waals surface area contributed by atoms with Gasteiger partial charge in [-0.1, -0.05) is 6.07 Å². The molecule has 5 rings (SSSR count). The highest BCUT2D eigenvalue weighted by atomic mass is 19.4. The van der Waals surface area contributed by atoms with Gasteiger partial charge in [0.2, 0.25) is 5.88 Å². The third-order valence-corrected chi connectivity index (χ3v) is 5.97. The van der Waals surface area contributed by atoms with Gasteiger partial charge in [-0.3, -0.25) is 9.78 Å². The van der Waals surface area contributed by atoms with Crippen LogP contribution in [0, 0.1) is 0 Å². The molecule has 178 valence electrons. The molecule has 0 N–H and O–H groups in total. The van der Waals surface area contributed by atoms with Crippen LogP contribution in [-0.2, 0) is 24.1 Å². The van der Waals surface area contributed by atoms with Crippen LogP contribution < -0.4 is 4.74 Å². The van der Waals surface area contributed by atoms with Crippen LogP contribution in [0.3, 0.4) is 0 Å². The van der Waals surface area contributed by atoms with Crippen LogP contribution in [0.25, 0.3) is 11.4 Å². The number of nitrogens with zero attached hydrogens (tertiary/aromatic N) is 5. The van der Waals surface area contributed by atoms with Gasteiger partial charge in [0.05, 0.1) is 23.9 Å². The summed E-state index contributed by atoms with van der Waals surface area (Å²) in [6.07, 6.45) is -0.547. The first-order valence-electron chi connectivity index (χ1n) is 11.0. The van der Waals surface area contributed by atoms with Crippen molar-refractivity contribution in [3.63, 3.8) is 0 Å². The fourth-order valence-corrected chi connectivity index (χ4v) is 4.31. The summed E-state index contributed by atoms with van der Waals surface area (Å²) >= 11 is 0. The van der Waals surface area contributed by atoms with E-state index in [1.807, 2.05) is 22.8 Å². The van der Waals surface area contributed by atoms with Crippen molar-refractivity contribution in [3.05, 3.63) is 59.8 Å². The Balaban J connectivity index is 1.36. The van der Waals surface area contributed by atoms with E-state index in [2.05, 4.69) is 15.0 Å². The van der Waals surface area contributed by atoms with E-state index in [-0.39, 0.29) is 24.4 Å². The van der Waals surface area contributed by atoms with Crippen LogP contribution in [0.4, 0.5) is 13.2 Å². The molecule has 0 aromatic carbocycles. The predicted octanol–water partition coefficient (Wildman–Crippen LogP) is 3.57. The van der Waals surface area contributed by atoms with Crippen molar-refractivity contribution < 1.29 is 27.4 Å². The Morgan fingerprint density at radius 3 is 2.79 bits per heavy atom. The van der Waals surface area contributed by atoms with Crippen molar-refractivity contribution in [1.82, 2.24) is 24.4 Å². The molecule has 0 unspecified atom stereocenters. The second kappa shape index (κ2) is 9.05. The van der Waals surface area contributed by atoms with Crippen LogP contribution in [0.2, 0.25) is 0 Å². The minimum Gasteiger partial charge on any atom is -0.475 e. The van der Waals surface area contributed by atoms with Crippen LogP contribution in [0.5, 0.6) is 5.88 Å². The first-order chi connectivity index (χ1) is 16.4. The number of aromatic nitrogens is 4. The van der Waals surface area contributed by atoms with E-state index >= 15 is 0 Å². The van der Waals surface area contributed by atoms with E-state index in [0.717, 1.165) is 18.7 Å². The third-order valence-electron chi connectivity index (χ3n) is 5.97. The zero-order valence-electron chi connectivity index (χ0n) is 18.2. The molecule has 1 atom stereocenters. The zero-order valence-corrected chi connectivity index (χ0v) is 18.2. The second-order valence-corrected chi connectivity index (χ2v) is 8.13. The summed E-state index contributed by atoms with van der Waals surface area (Å²) in [4.78, 5) is 28.1. The van der Waals surface area contributed by atoms with Crippen LogP contribution in [0.15, 0.2) is 42.7 Å². The number of imidazole rings is 1. The van der Waals surface area contributed by atoms with Gasteiger partial charge in [0.1, 0.15) is 24.7 Å². The number of amides is 1. The summed E-state index contributed by atoms with van der Waals surface area (Å²) in [5.74, 6) is 0.529. The van der Waals surface area contributed by atoms with Gasteiger partial charge >= 0.3 is 6.18 Å². The Bertz CT molecular complexity index is 1170. The second-order valence-electron chi connectivity index (χ2n) is 8.13. The van der Waals surface area contributed by atoms with Gasteiger partial charge in [0.15, 0.2) is 5.69 Å². The van der Waals surface area contributed by atoms with Crippen molar-refractivity contribution >= 4 is 5.91 Å². The molecule has 5 heterocycles. The van der Waals surface area contributed by atoms with Crippen molar-refractivity contribution in [1.29, 1.82) is 0 Å². The Morgan fingerprint density at radius 2 is 2.06 bits per heavy atom. The molecule has 1 amide bonds. The Kier molecular flexibility index (Phi) is 5.94. The number of likely N-dealkylation sites (tertiary alicyclic amines) is 1. The molecular weight excluding hydrogens is 451 g/mol. The van der Waals surface area contributed by atoms with Crippen molar-refractivity contribution in [2.45, 2.75) is 38.2 Å². The summed E-state index contributed by atoms with van der Waals surface area (Å²) in [5, 5.41) is 0. The SMILES string of the molecule is O=C(c1nc2n(c1-c1ccccn1)CCOC2)N1CCC[C@H]1COc1ccc(C(F)(F)F)cn1. The minimum atomic E-state index is -4.46. The lowest BCUT2D eigenvalue weighted by atomic mass is 10.2. The summed E-state index contributed by atoms with van der Waals surface area (Å²) in [7, 11) is 0. The first-order valence-corrected chi connectivity index (χ1v) is 11.0. The van der Waals surface area contributed by atoms with Gasteiger partial charge in [-0.2, -0.15) is 13.2 Å². The highest BCUT2D eigenvalue weighted by molar-refractivity contribution is 5.98. The van der Waals surface area contributed by atoms with Gasteiger partial charge in [0.25, 0.3) is 5.91 Å². The third kappa shape index (κ3) is 4.35. The van der Waals surface area contributed by atoms with E-state index in [1.54, 1.807) is 11.1 Å². The van der Waals surface area contributed by atoms with E-state index in [9.17, 15) is 18.0 Å². The summed E-state index contributed by atoms with van der Waals surface area (Å²) in [6.45, 7) is 2.08. The fourth-order valence-electron chi connectivity index (χ4n) is 4.31. The first kappa shape index (κ1) is 22.3. The quantitative estimate of drug-likeness (QED) is 0.564. The molecule has 0 saturated carbocycles. The summed E-state index contributed by atoms with van der Waals surface area (Å²) in [5.41, 5.74) is 0.804. The van der Waals surface area contributed by atoms with Crippen molar-refractivity contribution in [2.24, 2.45) is 0 Å². The van der Waals surface area contributed by atoms with Gasteiger partial charge in [0, 0.05) is 31.5 Å². The molecule has 3 aromatic rings. The number of fused-ring (bicyclic) bond motifs is 1. The number of rotatable bonds is 5. The zero-order chi connectivity index (χ0) is 23.7. The molecule has 11 heteroatoms. The Morgan fingerprint density at radius 1 is 1.18 bits per heavy atom. The smallest absolute Gasteiger partial charge is 0.417 e. The molecule has 2 aliphatic heterocycles. The van der Waals surface area contributed by atoms with Gasteiger partial charge in [-0.25, -0.2) is 9.97 Å². The molecule has 0 radical (unpaired) electrons. The average Bonchev–Trinajstić information content (AvgIpc) is 3.47. The molecule has 3 aromatic heterocycles.